The predicted octanol–water partition coefficient (Wildman–Crippen LogP) is 5.28. The van der Waals surface area contributed by atoms with Gasteiger partial charge in [-0.25, -0.2) is 4.98 Å². The van der Waals surface area contributed by atoms with Crippen molar-refractivity contribution >= 4 is 43.4 Å². The highest BCUT2D eigenvalue weighted by molar-refractivity contribution is 7.22. The Hall–Kier alpha value is -2.96. The number of hydrogen-bond acceptors (Lipinski definition) is 5. The van der Waals surface area contributed by atoms with Crippen LogP contribution < -0.4 is 9.64 Å². The Balaban J connectivity index is 1.56. The number of nitrogens with zero attached hydrogens (tertiary/aromatic N) is 2. The number of thiazole rings is 1. The summed E-state index contributed by atoms with van der Waals surface area (Å²) in [6, 6.07) is 19.7. The van der Waals surface area contributed by atoms with Crippen LogP contribution in [-0.2, 0) is 4.74 Å². The van der Waals surface area contributed by atoms with Crippen LogP contribution in [0.1, 0.15) is 23.2 Å². The molecule has 5 nitrogen and oxygen atoms in total. The van der Waals surface area contributed by atoms with Crippen molar-refractivity contribution in [3.8, 4) is 5.75 Å². The summed E-state index contributed by atoms with van der Waals surface area (Å²) >= 11 is 1.50. The Bertz CT molecular complexity index is 1210. The van der Waals surface area contributed by atoms with Crippen molar-refractivity contribution < 1.29 is 14.3 Å². The number of benzene rings is 3. The topological polar surface area (TPSA) is 51.7 Å². The molecule has 30 heavy (non-hydrogen) atoms. The molecule has 4 aromatic rings. The summed E-state index contributed by atoms with van der Waals surface area (Å²) < 4.78 is 12.3. The van der Waals surface area contributed by atoms with Gasteiger partial charge < -0.3 is 9.47 Å². The van der Waals surface area contributed by atoms with Gasteiger partial charge in [0.15, 0.2) is 5.13 Å². The summed E-state index contributed by atoms with van der Waals surface area (Å²) in [6.07, 6.45) is 2.01. The number of amides is 1. The van der Waals surface area contributed by atoms with E-state index in [1.54, 1.807) is 12.0 Å². The Kier molecular flexibility index (Phi) is 5.11. The highest BCUT2D eigenvalue weighted by atomic mass is 32.1. The number of fused-ring (bicyclic) bond motifs is 2. The Morgan fingerprint density at radius 3 is 2.83 bits per heavy atom. The van der Waals surface area contributed by atoms with E-state index in [9.17, 15) is 4.79 Å². The lowest BCUT2D eigenvalue weighted by molar-refractivity contribution is 0.0917. The summed E-state index contributed by atoms with van der Waals surface area (Å²) in [5, 5.41) is 2.83. The fourth-order valence-corrected chi connectivity index (χ4v) is 4.90. The predicted molar refractivity (Wildman–Crippen MR) is 121 cm³/mol. The minimum atomic E-state index is -0.0609. The molecule has 152 valence electrons. The van der Waals surface area contributed by atoms with Crippen LogP contribution in [0.15, 0.2) is 60.7 Å². The summed E-state index contributed by atoms with van der Waals surface area (Å²) in [5.41, 5.74) is 1.43. The molecule has 5 rings (SSSR count). The van der Waals surface area contributed by atoms with Gasteiger partial charge in [0.05, 0.1) is 24.5 Å². The van der Waals surface area contributed by atoms with E-state index in [2.05, 4.69) is 0 Å². The molecule has 1 fully saturated rings. The van der Waals surface area contributed by atoms with E-state index in [0.717, 1.165) is 40.4 Å². The van der Waals surface area contributed by atoms with Crippen LogP contribution in [0.3, 0.4) is 0 Å². The average Bonchev–Trinajstić information content (AvgIpc) is 3.46. The number of ether oxygens (including phenoxy) is 2. The molecule has 0 saturated carbocycles. The molecule has 0 spiro atoms. The number of anilines is 1. The first-order valence-corrected chi connectivity index (χ1v) is 10.9. The molecule has 0 radical (unpaired) electrons. The van der Waals surface area contributed by atoms with E-state index in [-0.39, 0.29) is 12.0 Å². The van der Waals surface area contributed by atoms with Crippen molar-refractivity contribution in [1.82, 2.24) is 4.98 Å². The normalized spacial score (nSPS) is 16.2. The lowest BCUT2D eigenvalue weighted by Crippen LogP contribution is -2.37. The number of carbonyl (C=O) groups excluding carboxylic acids is 1. The molecule has 1 aliphatic heterocycles. The molecule has 3 aromatic carbocycles. The average molecular weight is 419 g/mol. The van der Waals surface area contributed by atoms with E-state index in [1.807, 2.05) is 60.7 Å². The maximum atomic E-state index is 13.6. The number of rotatable bonds is 5. The van der Waals surface area contributed by atoms with Crippen molar-refractivity contribution in [3.05, 3.63) is 66.2 Å². The van der Waals surface area contributed by atoms with Crippen molar-refractivity contribution in [2.45, 2.75) is 18.9 Å². The van der Waals surface area contributed by atoms with Gasteiger partial charge >= 0.3 is 0 Å². The first-order valence-electron chi connectivity index (χ1n) is 10.1. The maximum Gasteiger partial charge on any atom is 0.260 e. The molecule has 6 heteroatoms. The summed E-state index contributed by atoms with van der Waals surface area (Å²) in [6.45, 7) is 1.24. The van der Waals surface area contributed by atoms with Crippen LogP contribution in [0.25, 0.3) is 21.0 Å². The fraction of sp³-hybridized carbons (Fsp3) is 0.250. The number of hydrogen-bond donors (Lipinski definition) is 0. The zero-order chi connectivity index (χ0) is 20.5. The van der Waals surface area contributed by atoms with Crippen LogP contribution in [0, 0.1) is 0 Å². The van der Waals surface area contributed by atoms with Gasteiger partial charge in [0.2, 0.25) is 0 Å². The van der Waals surface area contributed by atoms with Gasteiger partial charge in [-0.2, -0.15) is 0 Å². The van der Waals surface area contributed by atoms with E-state index < -0.39 is 0 Å². The molecule has 0 aliphatic carbocycles. The summed E-state index contributed by atoms with van der Waals surface area (Å²) in [5.74, 6) is 0.652. The van der Waals surface area contributed by atoms with Crippen molar-refractivity contribution in [2.24, 2.45) is 0 Å². The van der Waals surface area contributed by atoms with Crippen LogP contribution >= 0.6 is 11.3 Å². The van der Waals surface area contributed by atoms with Crippen molar-refractivity contribution in [3.63, 3.8) is 0 Å². The molecule has 0 bridgehead atoms. The molecular weight excluding hydrogens is 396 g/mol. The zero-order valence-electron chi connectivity index (χ0n) is 16.7. The zero-order valence-corrected chi connectivity index (χ0v) is 17.5. The molecule has 2 heterocycles. The van der Waals surface area contributed by atoms with Gasteiger partial charge in [-0.3, -0.25) is 9.69 Å². The summed E-state index contributed by atoms with van der Waals surface area (Å²) in [4.78, 5) is 20.2. The number of carbonyl (C=O) groups is 1. The van der Waals surface area contributed by atoms with Crippen LogP contribution in [-0.4, -0.2) is 37.3 Å². The third kappa shape index (κ3) is 3.53. The first kappa shape index (κ1) is 19.0. The molecule has 1 unspecified atom stereocenters. The highest BCUT2D eigenvalue weighted by Crippen LogP contribution is 2.35. The number of methoxy groups -OCH3 is 1. The monoisotopic (exact) mass is 418 g/mol. The van der Waals surface area contributed by atoms with E-state index in [1.165, 1.54) is 11.3 Å². The molecule has 1 atom stereocenters. The molecule has 1 saturated heterocycles. The quantitative estimate of drug-likeness (QED) is 0.442. The molecular formula is C24H22N2O3S. The van der Waals surface area contributed by atoms with Gasteiger partial charge in [-0.1, -0.05) is 47.7 Å². The van der Waals surface area contributed by atoms with Crippen LogP contribution in [0.5, 0.6) is 5.75 Å². The first-order chi connectivity index (χ1) is 14.7. The second-order valence-corrected chi connectivity index (χ2v) is 8.43. The number of aromatic nitrogens is 1. The van der Waals surface area contributed by atoms with E-state index >= 15 is 0 Å². The Labute approximate surface area is 178 Å². The molecule has 1 amide bonds. The van der Waals surface area contributed by atoms with E-state index in [4.69, 9.17) is 14.5 Å². The highest BCUT2D eigenvalue weighted by Gasteiger charge is 2.27. The molecule has 1 aliphatic rings. The summed E-state index contributed by atoms with van der Waals surface area (Å²) in [7, 11) is 1.64. The SMILES string of the molecule is COc1cccc2sc(N(CC3CCCO3)C(=O)c3ccc4ccccc4c3)nc12. The van der Waals surface area contributed by atoms with Gasteiger partial charge in [-0.15, -0.1) is 0 Å². The third-order valence-electron chi connectivity index (χ3n) is 5.47. The Morgan fingerprint density at radius 2 is 2.03 bits per heavy atom. The van der Waals surface area contributed by atoms with E-state index in [0.29, 0.717) is 23.0 Å². The maximum absolute atomic E-state index is 13.6. The van der Waals surface area contributed by atoms with Gasteiger partial charge in [0, 0.05) is 12.2 Å². The largest absolute Gasteiger partial charge is 0.494 e. The minimum Gasteiger partial charge on any atom is -0.494 e. The number of para-hydroxylation sites is 1. The van der Waals surface area contributed by atoms with Crippen molar-refractivity contribution in [1.29, 1.82) is 0 Å². The smallest absolute Gasteiger partial charge is 0.260 e. The van der Waals surface area contributed by atoms with Crippen LogP contribution in [0.2, 0.25) is 0 Å². The molecule has 0 N–H and O–H groups in total. The third-order valence-corrected chi connectivity index (χ3v) is 6.52. The second kappa shape index (κ2) is 8.05. The van der Waals surface area contributed by atoms with Crippen LogP contribution in [0.4, 0.5) is 5.13 Å². The Morgan fingerprint density at radius 1 is 1.17 bits per heavy atom. The lowest BCUT2D eigenvalue weighted by atomic mass is 10.1. The minimum absolute atomic E-state index is 0.0308. The second-order valence-electron chi connectivity index (χ2n) is 7.42. The standard InChI is InChI=1S/C24H22N2O3S/c1-28-20-9-4-10-21-22(20)25-24(30-21)26(15-19-8-5-13-29-19)23(27)18-12-11-16-6-2-3-7-17(16)14-18/h2-4,6-7,9-12,14,19H,5,8,13,15H2,1H3. The van der Waals surface area contributed by atoms with Gasteiger partial charge in [0.25, 0.3) is 5.91 Å². The fourth-order valence-electron chi connectivity index (χ4n) is 3.91. The molecule has 1 aromatic heterocycles. The lowest BCUT2D eigenvalue weighted by Gasteiger charge is -2.23. The van der Waals surface area contributed by atoms with Gasteiger partial charge in [0.1, 0.15) is 11.3 Å². The van der Waals surface area contributed by atoms with Gasteiger partial charge in [-0.05, 0) is 47.9 Å². The van der Waals surface area contributed by atoms with Crippen molar-refractivity contribution in [2.75, 3.05) is 25.2 Å².